The van der Waals surface area contributed by atoms with Crippen LogP contribution in [0.25, 0.3) is 10.9 Å². The average molecular weight is 419 g/mol. The predicted octanol–water partition coefficient (Wildman–Crippen LogP) is 5.18. The Morgan fingerprint density at radius 1 is 0.871 bits per heavy atom. The minimum atomic E-state index is -1.13. The summed E-state index contributed by atoms with van der Waals surface area (Å²) in [5.74, 6) is -3.22. The summed E-state index contributed by atoms with van der Waals surface area (Å²) in [5.41, 5.74) is 2.27. The lowest BCUT2D eigenvalue weighted by atomic mass is 10.1. The molecular weight excluding hydrogens is 400 g/mol. The minimum Gasteiger partial charge on any atom is -0.342 e. The van der Waals surface area contributed by atoms with Crippen LogP contribution in [0.15, 0.2) is 72.9 Å². The molecule has 0 spiro atoms. The summed E-state index contributed by atoms with van der Waals surface area (Å²) in [4.78, 5) is 24.5. The summed E-state index contributed by atoms with van der Waals surface area (Å²) in [6.07, 6.45) is 1.73. The number of amides is 2. The molecule has 156 valence electrons. The zero-order valence-electron chi connectivity index (χ0n) is 16.7. The molecule has 2 N–H and O–H groups in total. The molecule has 2 amide bonds. The first-order chi connectivity index (χ1) is 14.9. The zero-order chi connectivity index (χ0) is 22.0. The Bertz CT molecular complexity index is 1280. The molecule has 1 heterocycles. The molecule has 0 radical (unpaired) electrons. The number of anilines is 2. The normalized spacial score (nSPS) is 10.8. The highest BCUT2D eigenvalue weighted by Crippen LogP contribution is 2.28. The van der Waals surface area contributed by atoms with Crippen molar-refractivity contribution in [3.63, 3.8) is 0 Å². The van der Waals surface area contributed by atoms with Gasteiger partial charge in [-0.25, -0.2) is 8.78 Å². The lowest BCUT2D eigenvalue weighted by molar-refractivity contribution is -0.114. The van der Waals surface area contributed by atoms with Crippen LogP contribution in [-0.2, 0) is 11.3 Å². The fourth-order valence-electron chi connectivity index (χ4n) is 3.47. The van der Waals surface area contributed by atoms with Crippen molar-refractivity contribution in [1.29, 1.82) is 0 Å². The van der Waals surface area contributed by atoms with Gasteiger partial charge < -0.3 is 15.2 Å². The van der Waals surface area contributed by atoms with E-state index in [1.54, 1.807) is 6.20 Å². The van der Waals surface area contributed by atoms with E-state index >= 15 is 0 Å². The third kappa shape index (κ3) is 4.30. The number of fused-ring (bicyclic) bond motifs is 1. The van der Waals surface area contributed by atoms with Crippen molar-refractivity contribution in [1.82, 2.24) is 4.57 Å². The molecule has 0 aliphatic heterocycles. The van der Waals surface area contributed by atoms with Gasteiger partial charge in [0.05, 0.1) is 16.9 Å². The highest BCUT2D eigenvalue weighted by molar-refractivity contribution is 6.14. The van der Waals surface area contributed by atoms with E-state index in [1.807, 2.05) is 59.2 Å². The van der Waals surface area contributed by atoms with Crippen LogP contribution in [-0.4, -0.2) is 16.4 Å². The zero-order valence-corrected chi connectivity index (χ0v) is 16.7. The SMILES string of the molecule is CC(=O)Nc1cc(F)c(F)cc1NC(=O)c1cn(Cc2ccccc2)c2ccccc12. The molecule has 4 aromatic rings. The summed E-state index contributed by atoms with van der Waals surface area (Å²) < 4.78 is 29.4. The van der Waals surface area contributed by atoms with Crippen LogP contribution in [0.1, 0.15) is 22.8 Å². The molecule has 4 rings (SSSR count). The highest BCUT2D eigenvalue weighted by atomic mass is 19.2. The van der Waals surface area contributed by atoms with E-state index in [0.29, 0.717) is 12.1 Å². The number of carbonyl (C=O) groups excluding carboxylic acids is 2. The van der Waals surface area contributed by atoms with Crippen LogP contribution >= 0.6 is 0 Å². The van der Waals surface area contributed by atoms with Crippen LogP contribution in [0, 0.1) is 11.6 Å². The van der Waals surface area contributed by atoms with E-state index in [9.17, 15) is 18.4 Å². The quantitative estimate of drug-likeness (QED) is 0.468. The van der Waals surface area contributed by atoms with Crippen molar-refractivity contribution in [3.8, 4) is 0 Å². The standard InChI is InChI=1S/C24H19F2N3O2/c1-15(30)27-21-11-19(25)20(26)12-22(21)28-24(31)18-14-29(13-16-7-3-2-4-8-16)23-10-6-5-9-17(18)23/h2-12,14H,13H2,1H3,(H,27,30)(H,28,31). The fourth-order valence-corrected chi connectivity index (χ4v) is 3.47. The van der Waals surface area contributed by atoms with Crippen molar-refractivity contribution >= 4 is 34.1 Å². The Morgan fingerprint density at radius 3 is 2.16 bits per heavy atom. The molecule has 0 unspecified atom stereocenters. The Balaban J connectivity index is 1.71. The summed E-state index contributed by atoms with van der Waals surface area (Å²) >= 11 is 0. The second kappa shape index (κ2) is 8.39. The summed E-state index contributed by atoms with van der Waals surface area (Å²) in [6.45, 7) is 1.81. The van der Waals surface area contributed by atoms with Gasteiger partial charge >= 0.3 is 0 Å². The lowest BCUT2D eigenvalue weighted by Crippen LogP contribution is -2.15. The monoisotopic (exact) mass is 419 g/mol. The van der Waals surface area contributed by atoms with Gasteiger partial charge in [-0.2, -0.15) is 0 Å². The molecule has 5 nitrogen and oxygen atoms in total. The van der Waals surface area contributed by atoms with E-state index in [4.69, 9.17) is 0 Å². The number of hydrogen-bond donors (Lipinski definition) is 2. The molecule has 0 saturated carbocycles. The third-order valence-corrected chi connectivity index (χ3v) is 4.85. The predicted molar refractivity (Wildman–Crippen MR) is 116 cm³/mol. The van der Waals surface area contributed by atoms with Crippen molar-refractivity contribution in [3.05, 3.63) is 95.7 Å². The molecule has 0 fully saturated rings. The van der Waals surface area contributed by atoms with E-state index in [1.165, 1.54) is 6.92 Å². The van der Waals surface area contributed by atoms with Crippen molar-refractivity contribution in [2.75, 3.05) is 10.6 Å². The van der Waals surface area contributed by atoms with Crippen LogP contribution in [0.5, 0.6) is 0 Å². The number of benzene rings is 3. The van der Waals surface area contributed by atoms with Crippen LogP contribution in [0.2, 0.25) is 0 Å². The van der Waals surface area contributed by atoms with Gasteiger partial charge in [-0.1, -0.05) is 48.5 Å². The molecule has 0 atom stereocenters. The molecule has 1 aromatic heterocycles. The number of hydrogen-bond acceptors (Lipinski definition) is 2. The lowest BCUT2D eigenvalue weighted by Gasteiger charge is -2.12. The molecule has 0 aliphatic carbocycles. The molecule has 7 heteroatoms. The number of halogens is 2. The Kier molecular flexibility index (Phi) is 5.49. The van der Waals surface area contributed by atoms with Crippen molar-refractivity contribution < 1.29 is 18.4 Å². The minimum absolute atomic E-state index is 0.0206. The molecular formula is C24H19F2N3O2. The molecule has 0 saturated heterocycles. The third-order valence-electron chi connectivity index (χ3n) is 4.85. The topological polar surface area (TPSA) is 63.1 Å². The van der Waals surface area contributed by atoms with Gasteiger partial charge in [-0.15, -0.1) is 0 Å². The Morgan fingerprint density at radius 2 is 1.48 bits per heavy atom. The van der Waals surface area contributed by atoms with Gasteiger partial charge in [-0.3, -0.25) is 9.59 Å². The Hall–Kier alpha value is -4.00. The molecule has 0 aliphatic rings. The first-order valence-corrected chi connectivity index (χ1v) is 9.62. The first-order valence-electron chi connectivity index (χ1n) is 9.62. The maximum absolute atomic E-state index is 13.8. The van der Waals surface area contributed by atoms with Gasteiger partial charge in [0, 0.05) is 42.7 Å². The summed E-state index contributed by atoms with van der Waals surface area (Å²) in [5, 5.41) is 5.73. The highest BCUT2D eigenvalue weighted by Gasteiger charge is 2.18. The van der Waals surface area contributed by atoms with Gasteiger partial charge in [0.2, 0.25) is 5.91 Å². The average Bonchev–Trinajstić information content (AvgIpc) is 3.11. The molecule has 0 bridgehead atoms. The van der Waals surface area contributed by atoms with Crippen LogP contribution in [0.3, 0.4) is 0 Å². The van der Waals surface area contributed by atoms with Crippen LogP contribution < -0.4 is 10.6 Å². The first kappa shape index (κ1) is 20.3. The molecule has 3 aromatic carbocycles. The number of aromatic nitrogens is 1. The number of para-hydroxylation sites is 1. The van der Waals surface area contributed by atoms with Crippen molar-refractivity contribution in [2.45, 2.75) is 13.5 Å². The van der Waals surface area contributed by atoms with Gasteiger partial charge in [-0.05, 0) is 11.6 Å². The van der Waals surface area contributed by atoms with E-state index in [0.717, 1.165) is 28.6 Å². The molecule has 31 heavy (non-hydrogen) atoms. The number of rotatable bonds is 5. The number of nitrogens with one attached hydrogen (secondary N) is 2. The summed E-state index contributed by atoms with van der Waals surface area (Å²) in [6, 6.07) is 19.0. The number of nitrogens with zero attached hydrogens (tertiary/aromatic N) is 1. The Labute approximate surface area is 177 Å². The maximum Gasteiger partial charge on any atom is 0.257 e. The van der Waals surface area contributed by atoms with Crippen LogP contribution in [0.4, 0.5) is 20.2 Å². The van der Waals surface area contributed by atoms with Crippen molar-refractivity contribution in [2.24, 2.45) is 0 Å². The van der Waals surface area contributed by atoms with E-state index in [-0.39, 0.29) is 11.4 Å². The summed E-state index contributed by atoms with van der Waals surface area (Å²) in [7, 11) is 0. The van der Waals surface area contributed by atoms with Gasteiger partial charge in [0.15, 0.2) is 11.6 Å². The van der Waals surface area contributed by atoms with Gasteiger partial charge in [0.1, 0.15) is 0 Å². The second-order valence-corrected chi connectivity index (χ2v) is 7.12. The van der Waals surface area contributed by atoms with E-state index < -0.39 is 23.4 Å². The fraction of sp³-hybridized carbons (Fsp3) is 0.0833. The second-order valence-electron chi connectivity index (χ2n) is 7.12. The van der Waals surface area contributed by atoms with Gasteiger partial charge in [0.25, 0.3) is 5.91 Å². The smallest absolute Gasteiger partial charge is 0.257 e. The maximum atomic E-state index is 13.8. The van der Waals surface area contributed by atoms with E-state index in [2.05, 4.69) is 10.6 Å². The largest absolute Gasteiger partial charge is 0.342 e. The number of carbonyl (C=O) groups is 2.